The number of rotatable bonds is 3. The summed E-state index contributed by atoms with van der Waals surface area (Å²) in [6.45, 7) is 1.88. The molecule has 4 aliphatic rings. The molecule has 4 aromatic rings. The lowest BCUT2D eigenvalue weighted by Gasteiger charge is -2.36. The molecule has 0 spiro atoms. The zero-order valence-electron chi connectivity index (χ0n) is 26.6. The highest BCUT2D eigenvalue weighted by atomic mass is 16.5. The van der Waals surface area contributed by atoms with Crippen LogP contribution in [0.25, 0.3) is 0 Å². The first kappa shape index (κ1) is 29.3. The van der Waals surface area contributed by atoms with Crippen LogP contribution in [0.15, 0.2) is 60.7 Å². The fourth-order valence-electron chi connectivity index (χ4n) is 7.22. The minimum atomic E-state index is -0.00270. The Bertz CT molecular complexity index is 1740. The van der Waals surface area contributed by atoms with Gasteiger partial charge in [0.05, 0.1) is 40.5 Å². The van der Waals surface area contributed by atoms with Gasteiger partial charge in [0, 0.05) is 25.4 Å². The summed E-state index contributed by atoms with van der Waals surface area (Å²) in [6, 6.07) is 20.8. The van der Waals surface area contributed by atoms with E-state index in [4.69, 9.17) is 23.7 Å². The zero-order chi connectivity index (χ0) is 31.2. The number of aromatic hydroxyl groups is 1. The van der Waals surface area contributed by atoms with E-state index >= 15 is 0 Å². The molecule has 45 heavy (non-hydrogen) atoms. The molecule has 3 unspecified atom stereocenters. The van der Waals surface area contributed by atoms with Crippen molar-refractivity contribution in [1.29, 1.82) is 0 Å². The second-order valence-corrected chi connectivity index (χ2v) is 12.4. The van der Waals surface area contributed by atoms with Crippen molar-refractivity contribution in [1.82, 2.24) is 4.90 Å². The largest absolute Gasteiger partial charge is 0.502 e. The number of hydrogen-bond donors (Lipinski definition) is 2. The van der Waals surface area contributed by atoms with Crippen LogP contribution in [0.1, 0.15) is 45.5 Å². The Balaban J connectivity index is 1.45. The van der Waals surface area contributed by atoms with Gasteiger partial charge in [-0.3, -0.25) is 4.90 Å². The molecule has 0 fully saturated rings. The van der Waals surface area contributed by atoms with Gasteiger partial charge >= 0.3 is 0 Å². The number of methoxy groups -OCH3 is 3. The van der Waals surface area contributed by atoms with Gasteiger partial charge < -0.3 is 33.7 Å². The van der Waals surface area contributed by atoms with E-state index in [9.17, 15) is 5.11 Å². The molecule has 234 valence electrons. The average Bonchev–Trinajstić information content (AvgIpc) is 3.05. The SMILES string of the molecule is COc1ccc2cc1Oc1ccc(cc1)CC1c3cc(c(OC)cc3CCN1C)Oc1c(O)c(OC)cc3c1C(C2)[NH+](C)CC3. The second-order valence-electron chi connectivity index (χ2n) is 12.4. The summed E-state index contributed by atoms with van der Waals surface area (Å²) in [5, 5.41) is 11.7. The lowest BCUT2D eigenvalue weighted by atomic mass is 9.87. The number of hydrogen-bond acceptors (Lipinski definition) is 7. The molecule has 4 aliphatic heterocycles. The lowest BCUT2D eigenvalue weighted by Crippen LogP contribution is -3.10. The van der Waals surface area contributed by atoms with E-state index in [0.29, 0.717) is 40.9 Å². The van der Waals surface area contributed by atoms with Gasteiger partial charge in [-0.25, -0.2) is 0 Å². The number of phenols is 1. The van der Waals surface area contributed by atoms with E-state index < -0.39 is 0 Å². The monoisotopic (exact) mass is 609 g/mol. The number of quaternary nitrogens is 1. The molecular formula is C37H41N2O6+. The summed E-state index contributed by atoms with van der Waals surface area (Å²) < 4.78 is 30.5. The molecule has 0 aromatic heterocycles. The number of fused-ring (bicyclic) bond motifs is 2. The van der Waals surface area contributed by atoms with E-state index in [2.05, 4.69) is 55.4 Å². The topological polar surface area (TPSA) is 74.1 Å². The number of nitrogens with one attached hydrogen (secondary N) is 1. The molecule has 6 bridgehead atoms. The van der Waals surface area contributed by atoms with Crippen LogP contribution < -0.4 is 28.6 Å². The van der Waals surface area contributed by atoms with Crippen LogP contribution in [0.2, 0.25) is 0 Å². The zero-order valence-corrected chi connectivity index (χ0v) is 26.6. The van der Waals surface area contributed by atoms with E-state index in [1.165, 1.54) is 21.6 Å². The standard InChI is InChI=1S/C37H40N2O6/c1-38-14-12-24-19-31(42-4)33-21-27(24)28(38)16-22-6-9-26(10-7-22)44-32-18-23(8-11-30(32)41-3)17-29-35-25(13-15-39(29)2)20-34(43-5)36(40)37(35)45-33/h6-11,18-21,28-29,40H,12-17H2,1-5H3/p+1. The van der Waals surface area contributed by atoms with Crippen molar-refractivity contribution in [2.24, 2.45) is 0 Å². The number of likely N-dealkylation sites (N-methyl/N-ethyl adjacent to an activating group) is 2. The molecule has 0 radical (unpaired) electrons. The predicted molar refractivity (Wildman–Crippen MR) is 172 cm³/mol. The third kappa shape index (κ3) is 5.32. The molecule has 0 saturated heterocycles. The van der Waals surface area contributed by atoms with Gasteiger partial charge in [0.2, 0.25) is 5.75 Å². The first-order valence-corrected chi connectivity index (χ1v) is 15.6. The maximum absolute atomic E-state index is 11.7. The summed E-state index contributed by atoms with van der Waals surface area (Å²) >= 11 is 0. The highest BCUT2D eigenvalue weighted by molar-refractivity contribution is 5.62. The molecule has 8 nitrogen and oxygen atoms in total. The number of ether oxygens (including phenoxy) is 5. The van der Waals surface area contributed by atoms with E-state index in [1.54, 1.807) is 21.3 Å². The van der Waals surface area contributed by atoms with Crippen LogP contribution in [0.4, 0.5) is 0 Å². The molecule has 8 heteroatoms. The molecular weight excluding hydrogens is 568 g/mol. The van der Waals surface area contributed by atoms with Gasteiger partial charge in [0.1, 0.15) is 11.8 Å². The Morgan fingerprint density at radius 2 is 1.49 bits per heavy atom. The van der Waals surface area contributed by atoms with Crippen LogP contribution in [0.3, 0.4) is 0 Å². The Hall–Kier alpha value is -4.40. The Morgan fingerprint density at radius 1 is 0.778 bits per heavy atom. The summed E-state index contributed by atoms with van der Waals surface area (Å²) in [5.41, 5.74) is 6.86. The third-order valence-electron chi connectivity index (χ3n) is 9.81. The van der Waals surface area contributed by atoms with Crippen LogP contribution in [0, 0.1) is 0 Å². The van der Waals surface area contributed by atoms with Gasteiger partial charge in [-0.1, -0.05) is 18.2 Å². The van der Waals surface area contributed by atoms with Gasteiger partial charge in [-0.15, -0.1) is 0 Å². The predicted octanol–water partition coefficient (Wildman–Crippen LogP) is 5.44. The highest BCUT2D eigenvalue weighted by Crippen LogP contribution is 2.49. The summed E-state index contributed by atoms with van der Waals surface area (Å²) in [6.07, 6.45) is 3.28. The van der Waals surface area contributed by atoms with Crippen molar-refractivity contribution in [2.75, 3.05) is 48.5 Å². The molecule has 2 N–H and O–H groups in total. The second kappa shape index (κ2) is 11.8. The average molecular weight is 610 g/mol. The van der Waals surface area contributed by atoms with Gasteiger partial charge in [-0.05, 0) is 90.2 Å². The first-order valence-electron chi connectivity index (χ1n) is 15.6. The van der Waals surface area contributed by atoms with Crippen molar-refractivity contribution in [3.05, 3.63) is 94.0 Å². The van der Waals surface area contributed by atoms with E-state index in [0.717, 1.165) is 54.8 Å². The number of phenolic OH excluding ortho intramolecular Hbond substituents is 1. The van der Waals surface area contributed by atoms with Gasteiger partial charge in [0.25, 0.3) is 0 Å². The van der Waals surface area contributed by atoms with Gasteiger partial charge in [0.15, 0.2) is 34.5 Å². The number of benzene rings is 4. The fraction of sp³-hybridized carbons (Fsp3) is 0.351. The molecule has 8 rings (SSSR count). The van der Waals surface area contributed by atoms with Crippen molar-refractivity contribution in [3.63, 3.8) is 0 Å². The minimum absolute atomic E-state index is 0.00229. The molecule has 3 atom stereocenters. The maximum Gasteiger partial charge on any atom is 0.201 e. The highest BCUT2D eigenvalue weighted by Gasteiger charge is 2.36. The fourth-order valence-corrected chi connectivity index (χ4v) is 7.22. The molecule has 4 heterocycles. The minimum Gasteiger partial charge on any atom is -0.502 e. The Morgan fingerprint density at radius 3 is 2.24 bits per heavy atom. The normalized spacial score (nSPS) is 20.6. The van der Waals surface area contributed by atoms with E-state index in [-0.39, 0.29) is 17.8 Å². The van der Waals surface area contributed by atoms with Crippen molar-refractivity contribution < 1.29 is 33.7 Å². The third-order valence-corrected chi connectivity index (χ3v) is 9.81. The van der Waals surface area contributed by atoms with Crippen molar-refractivity contribution >= 4 is 0 Å². The summed E-state index contributed by atoms with van der Waals surface area (Å²) in [5.74, 6) is 4.17. The van der Waals surface area contributed by atoms with Crippen LogP contribution in [-0.4, -0.2) is 58.5 Å². The maximum atomic E-state index is 11.7. The van der Waals surface area contributed by atoms with Crippen LogP contribution in [0.5, 0.6) is 46.0 Å². The van der Waals surface area contributed by atoms with Crippen molar-refractivity contribution in [3.8, 4) is 46.0 Å². The Labute approximate surface area is 264 Å². The number of nitrogens with zero attached hydrogens (tertiary/aromatic N) is 1. The van der Waals surface area contributed by atoms with Crippen molar-refractivity contribution in [2.45, 2.75) is 37.8 Å². The summed E-state index contributed by atoms with van der Waals surface area (Å²) in [4.78, 5) is 3.73. The van der Waals surface area contributed by atoms with E-state index in [1.807, 2.05) is 24.3 Å². The molecule has 0 amide bonds. The molecule has 4 aromatic carbocycles. The molecule has 0 saturated carbocycles. The lowest BCUT2D eigenvalue weighted by molar-refractivity contribution is -0.914. The quantitative estimate of drug-likeness (QED) is 0.321. The first-order chi connectivity index (χ1) is 21.9. The Kier molecular flexibility index (Phi) is 7.71. The van der Waals surface area contributed by atoms with Gasteiger partial charge in [-0.2, -0.15) is 0 Å². The van der Waals surface area contributed by atoms with Crippen LogP contribution in [-0.2, 0) is 25.7 Å². The smallest absolute Gasteiger partial charge is 0.201 e. The molecule has 0 aliphatic carbocycles. The van der Waals surface area contributed by atoms with Crippen LogP contribution >= 0.6 is 0 Å². The summed E-state index contributed by atoms with van der Waals surface area (Å²) in [7, 11) is 9.29.